The van der Waals surface area contributed by atoms with Crippen LogP contribution in [0.5, 0.6) is 5.75 Å². The van der Waals surface area contributed by atoms with E-state index in [1.54, 1.807) is 0 Å². The lowest BCUT2D eigenvalue weighted by molar-refractivity contribution is -0.115. The van der Waals surface area contributed by atoms with E-state index in [1.807, 2.05) is 79.7 Å². The molecule has 1 N–H and O–H groups in total. The van der Waals surface area contributed by atoms with Gasteiger partial charge in [0.25, 0.3) is 5.22 Å². The van der Waals surface area contributed by atoms with Crippen LogP contribution >= 0.6 is 11.8 Å². The third-order valence-corrected chi connectivity index (χ3v) is 6.39. The van der Waals surface area contributed by atoms with Gasteiger partial charge in [-0.15, -0.1) is 10.2 Å². The van der Waals surface area contributed by atoms with Gasteiger partial charge in [-0.3, -0.25) is 4.79 Å². The summed E-state index contributed by atoms with van der Waals surface area (Å²) < 4.78 is 11.6. The van der Waals surface area contributed by atoms with Crippen LogP contribution in [0.1, 0.15) is 42.0 Å². The molecule has 0 aliphatic heterocycles. The first-order valence-corrected chi connectivity index (χ1v) is 12.1. The van der Waals surface area contributed by atoms with Crippen LogP contribution in [0.3, 0.4) is 0 Å². The number of thioether (sulfide) groups is 1. The molecule has 3 aromatic carbocycles. The van der Waals surface area contributed by atoms with Gasteiger partial charge in [0.1, 0.15) is 11.0 Å². The van der Waals surface area contributed by atoms with Crippen LogP contribution in [0.15, 0.2) is 94.6 Å². The van der Waals surface area contributed by atoms with Crippen LogP contribution in [0.2, 0.25) is 0 Å². The van der Waals surface area contributed by atoms with E-state index in [-0.39, 0.29) is 11.8 Å². The van der Waals surface area contributed by atoms with Gasteiger partial charge in [0.15, 0.2) is 0 Å². The van der Waals surface area contributed by atoms with Crippen molar-refractivity contribution in [1.82, 2.24) is 10.2 Å². The highest BCUT2D eigenvalue weighted by Crippen LogP contribution is 2.37. The summed E-state index contributed by atoms with van der Waals surface area (Å²) in [6.07, 6.45) is 0.626. The largest absolute Gasteiger partial charge is 0.492 e. The lowest BCUT2D eigenvalue weighted by atomic mass is 9.98. The minimum atomic E-state index is -0.573. The molecule has 7 heteroatoms. The molecular formula is C27H27N3O3S. The molecule has 4 rings (SSSR count). The van der Waals surface area contributed by atoms with E-state index in [0.717, 1.165) is 5.56 Å². The predicted molar refractivity (Wildman–Crippen MR) is 134 cm³/mol. The van der Waals surface area contributed by atoms with Crippen molar-refractivity contribution in [3.05, 3.63) is 102 Å². The van der Waals surface area contributed by atoms with Crippen LogP contribution in [-0.2, 0) is 11.2 Å². The second kappa shape index (κ2) is 11.5. The summed E-state index contributed by atoms with van der Waals surface area (Å²) in [6, 6.07) is 27.2. The molecule has 1 aromatic heterocycles. The Bertz CT molecular complexity index is 1200. The van der Waals surface area contributed by atoms with Crippen LogP contribution in [0.4, 0.5) is 5.69 Å². The fraction of sp³-hybridized carbons (Fsp3) is 0.222. The maximum atomic E-state index is 13.4. The number of para-hydroxylation sites is 2. The van der Waals surface area contributed by atoms with E-state index in [0.29, 0.717) is 35.6 Å². The quantitative estimate of drug-likeness (QED) is 0.273. The molecule has 6 nitrogen and oxygen atoms in total. The molecule has 0 spiro atoms. The van der Waals surface area contributed by atoms with Gasteiger partial charge in [0.2, 0.25) is 11.8 Å². The van der Waals surface area contributed by atoms with Crippen molar-refractivity contribution >= 4 is 23.4 Å². The summed E-state index contributed by atoms with van der Waals surface area (Å²) in [4.78, 5) is 13.4. The average Bonchev–Trinajstić information content (AvgIpc) is 3.31. The summed E-state index contributed by atoms with van der Waals surface area (Å²) in [5.41, 5.74) is 2.68. The first kappa shape index (κ1) is 23.6. The summed E-state index contributed by atoms with van der Waals surface area (Å²) in [6.45, 7) is 4.55. The molecule has 4 aromatic rings. The normalized spacial score (nSPS) is 12.6. The van der Waals surface area contributed by atoms with Gasteiger partial charge in [-0.2, -0.15) is 0 Å². The summed E-state index contributed by atoms with van der Waals surface area (Å²) in [5.74, 6) is 1.22. The highest BCUT2D eigenvalue weighted by Gasteiger charge is 2.26. The Kier molecular flexibility index (Phi) is 7.99. The fourth-order valence-electron chi connectivity index (χ4n) is 3.58. The maximum Gasteiger partial charge on any atom is 0.277 e. The molecule has 0 saturated carbocycles. The standard InChI is InChI=1S/C27H27N3O3S/c1-3-32-23-17-11-10-16-22(23)28-26(31)25(21-14-8-5-9-15-21)34-27-30-29-24(33-27)18-19(2)20-12-6-4-7-13-20/h4-17,19,25H,3,18H2,1-2H3,(H,28,31). The second-order valence-electron chi connectivity index (χ2n) is 7.80. The number of rotatable bonds is 10. The molecule has 0 saturated heterocycles. The van der Waals surface area contributed by atoms with Gasteiger partial charge in [0, 0.05) is 6.42 Å². The zero-order valence-electron chi connectivity index (χ0n) is 19.2. The van der Waals surface area contributed by atoms with E-state index in [4.69, 9.17) is 9.15 Å². The maximum absolute atomic E-state index is 13.4. The van der Waals surface area contributed by atoms with Gasteiger partial charge in [0.05, 0.1) is 12.3 Å². The SMILES string of the molecule is CCOc1ccccc1NC(=O)C(Sc1nnc(CC(C)c2ccccc2)o1)c1ccccc1. The molecule has 2 atom stereocenters. The Balaban J connectivity index is 1.51. The number of ether oxygens (including phenoxy) is 1. The average molecular weight is 474 g/mol. The number of carbonyl (C=O) groups excluding carboxylic acids is 1. The second-order valence-corrected chi connectivity index (χ2v) is 8.86. The lowest BCUT2D eigenvalue weighted by Crippen LogP contribution is -2.19. The Morgan fingerprint density at radius 3 is 2.29 bits per heavy atom. The van der Waals surface area contributed by atoms with Crippen LogP contribution in [-0.4, -0.2) is 22.7 Å². The highest BCUT2D eigenvalue weighted by atomic mass is 32.2. The summed E-state index contributed by atoms with van der Waals surface area (Å²) in [5, 5.41) is 11.2. The van der Waals surface area contributed by atoms with Crippen molar-refractivity contribution in [3.63, 3.8) is 0 Å². The number of aromatic nitrogens is 2. The molecule has 0 fully saturated rings. The number of benzene rings is 3. The van der Waals surface area contributed by atoms with Crippen LogP contribution in [0, 0.1) is 0 Å². The number of nitrogens with zero attached hydrogens (tertiary/aromatic N) is 2. The molecule has 0 aliphatic rings. The molecule has 2 unspecified atom stereocenters. The molecular weight excluding hydrogens is 446 g/mol. The third kappa shape index (κ3) is 6.05. The monoisotopic (exact) mass is 473 g/mol. The number of hydrogen-bond donors (Lipinski definition) is 1. The van der Waals surface area contributed by atoms with E-state index in [9.17, 15) is 4.79 Å². The van der Waals surface area contributed by atoms with Crippen molar-refractivity contribution < 1.29 is 13.9 Å². The van der Waals surface area contributed by atoms with Gasteiger partial charge >= 0.3 is 0 Å². The van der Waals surface area contributed by atoms with Crippen LogP contribution < -0.4 is 10.1 Å². The molecule has 34 heavy (non-hydrogen) atoms. The summed E-state index contributed by atoms with van der Waals surface area (Å²) >= 11 is 1.24. The Morgan fingerprint density at radius 1 is 0.941 bits per heavy atom. The smallest absolute Gasteiger partial charge is 0.277 e. The van der Waals surface area contributed by atoms with Crippen molar-refractivity contribution in [2.45, 2.75) is 36.7 Å². The molecule has 0 aliphatic carbocycles. The number of amides is 1. The Hall–Kier alpha value is -3.58. The summed E-state index contributed by atoms with van der Waals surface area (Å²) in [7, 11) is 0. The molecule has 1 heterocycles. The lowest BCUT2D eigenvalue weighted by Gasteiger charge is -2.17. The van der Waals surface area contributed by atoms with Crippen LogP contribution in [0.25, 0.3) is 0 Å². The number of carbonyl (C=O) groups is 1. The van der Waals surface area contributed by atoms with Gasteiger partial charge < -0.3 is 14.5 Å². The third-order valence-electron chi connectivity index (χ3n) is 5.30. The van der Waals surface area contributed by atoms with Gasteiger partial charge in [-0.25, -0.2) is 0 Å². The first-order valence-electron chi connectivity index (χ1n) is 11.3. The Morgan fingerprint density at radius 2 is 1.59 bits per heavy atom. The van der Waals surface area contributed by atoms with Gasteiger partial charge in [-0.1, -0.05) is 79.7 Å². The zero-order valence-corrected chi connectivity index (χ0v) is 20.0. The van der Waals surface area contributed by atoms with Crippen molar-refractivity contribution in [1.29, 1.82) is 0 Å². The van der Waals surface area contributed by atoms with E-state index >= 15 is 0 Å². The number of nitrogens with one attached hydrogen (secondary N) is 1. The van der Waals surface area contributed by atoms with Gasteiger partial charge in [-0.05, 0) is 47.9 Å². The number of anilines is 1. The van der Waals surface area contributed by atoms with Crippen molar-refractivity contribution in [2.24, 2.45) is 0 Å². The minimum absolute atomic E-state index is 0.194. The molecule has 1 amide bonds. The molecule has 0 radical (unpaired) electrons. The number of hydrogen-bond acceptors (Lipinski definition) is 6. The zero-order chi connectivity index (χ0) is 23.8. The van der Waals surface area contributed by atoms with E-state index < -0.39 is 5.25 Å². The Labute approximate surface area is 203 Å². The minimum Gasteiger partial charge on any atom is -0.492 e. The fourth-order valence-corrected chi connectivity index (χ4v) is 4.47. The predicted octanol–water partition coefficient (Wildman–Crippen LogP) is 6.29. The van der Waals surface area contributed by atoms with Crippen molar-refractivity contribution in [2.75, 3.05) is 11.9 Å². The van der Waals surface area contributed by atoms with E-state index in [1.165, 1.54) is 17.3 Å². The van der Waals surface area contributed by atoms with Crippen molar-refractivity contribution in [3.8, 4) is 5.75 Å². The topological polar surface area (TPSA) is 77.2 Å². The molecule has 0 bridgehead atoms. The molecule has 174 valence electrons. The van der Waals surface area contributed by atoms with E-state index in [2.05, 4.69) is 34.6 Å². The highest BCUT2D eigenvalue weighted by molar-refractivity contribution is 8.00. The first-order chi connectivity index (χ1) is 16.6.